The number of likely N-dealkylation sites (tertiary alicyclic amines) is 1. The summed E-state index contributed by atoms with van der Waals surface area (Å²) in [6.45, 7) is 5.68. The molecular formula is C15H21N3O. The van der Waals surface area contributed by atoms with E-state index in [2.05, 4.69) is 10.2 Å². The van der Waals surface area contributed by atoms with Crippen LogP contribution in [0.3, 0.4) is 0 Å². The molecule has 1 heterocycles. The Morgan fingerprint density at radius 2 is 1.95 bits per heavy atom. The maximum atomic E-state index is 8.43. The fourth-order valence-electron chi connectivity index (χ4n) is 2.30. The molecule has 0 amide bonds. The second kappa shape index (κ2) is 7.78. The third-order valence-electron chi connectivity index (χ3n) is 3.36. The highest BCUT2D eigenvalue weighted by Gasteiger charge is 2.09. The second-order valence-corrected chi connectivity index (χ2v) is 4.82. The van der Waals surface area contributed by atoms with Crippen molar-refractivity contribution in [2.24, 2.45) is 0 Å². The van der Waals surface area contributed by atoms with Crippen LogP contribution in [-0.2, 0) is 6.54 Å². The predicted octanol–water partition coefficient (Wildman–Crippen LogP) is 1.77. The van der Waals surface area contributed by atoms with Crippen LogP contribution in [0.4, 0.5) is 0 Å². The third kappa shape index (κ3) is 4.90. The lowest BCUT2D eigenvalue weighted by molar-refractivity contribution is 0.335. The molecule has 0 aromatic heterocycles. The highest BCUT2D eigenvalue weighted by Crippen LogP contribution is 2.11. The molecule has 2 rings (SSSR count). The number of hydrogen-bond donors (Lipinski definition) is 1. The van der Waals surface area contributed by atoms with E-state index in [0.717, 1.165) is 25.4 Å². The van der Waals surface area contributed by atoms with Crippen LogP contribution in [0.15, 0.2) is 24.3 Å². The van der Waals surface area contributed by atoms with Gasteiger partial charge in [0.05, 0.1) is 0 Å². The van der Waals surface area contributed by atoms with Crippen LogP contribution in [-0.4, -0.2) is 37.7 Å². The first-order valence-electron chi connectivity index (χ1n) is 6.90. The molecule has 4 heteroatoms. The van der Waals surface area contributed by atoms with Crippen molar-refractivity contribution in [1.29, 1.82) is 5.26 Å². The molecule has 1 N–H and O–H groups in total. The van der Waals surface area contributed by atoms with Gasteiger partial charge < -0.3 is 15.0 Å². The molecule has 0 bridgehead atoms. The molecule has 1 aliphatic heterocycles. The normalized spacial score (nSPS) is 15.3. The van der Waals surface area contributed by atoms with Crippen molar-refractivity contribution in [2.75, 3.05) is 32.8 Å². The summed E-state index contributed by atoms with van der Waals surface area (Å²) in [6.07, 6.45) is 2.70. The van der Waals surface area contributed by atoms with Gasteiger partial charge >= 0.3 is 0 Å². The van der Waals surface area contributed by atoms with E-state index < -0.39 is 0 Å². The SMILES string of the molecule is N#CCOc1ccc(CNCCN2CCCC2)cc1. The molecule has 0 aliphatic carbocycles. The fraction of sp³-hybridized carbons (Fsp3) is 0.533. The highest BCUT2D eigenvalue weighted by molar-refractivity contribution is 5.27. The van der Waals surface area contributed by atoms with Gasteiger partial charge in [0.15, 0.2) is 6.61 Å². The smallest absolute Gasteiger partial charge is 0.174 e. The number of nitriles is 1. The first-order chi connectivity index (χ1) is 9.38. The zero-order valence-electron chi connectivity index (χ0n) is 11.3. The van der Waals surface area contributed by atoms with Crippen molar-refractivity contribution in [3.05, 3.63) is 29.8 Å². The summed E-state index contributed by atoms with van der Waals surface area (Å²) in [6, 6.07) is 9.86. The lowest BCUT2D eigenvalue weighted by atomic mass is 10.2. The van der Waals surface area contributed by atoms with Gasteiger partial charge in [-0.15, -0.1) is 0 Å². The molecule has 102 valence electrons. The molecule has 1 aromatic rings. The van der Waals surface area contributed by atoms with E-state index in [4.69, 9.17) is 10.00 Å². The van der Waals surface area contributed by atoms with E-state index in [1.807, 2.05) is 30.3 Å². The van der Waals surface area contributed by atoms with Crippen LogP contribution in [0.25, 0.3) is 0 Å². The summed E-state index contributed by atoms with van der Waals surface area (Å²) in [7, 11) is 0. The van der Waals surface area contributed by atoms with Crippen molar-refractivity contribution >= 4 is 0 Å². The van der Waals surface area contributed by atoms with Crippen LogP contribution < -0.4 is 10.1 Å². The van der Waals surface area contributed by atoms with E-state index in [-0.39, 0.29) is 6.61 Å². The average Bonchev–Trinajstić information content (AvgIpc) is 2.96. The molecule has 1 aromatic carbocycles. The predicted molar refractivity (Wildman–Crippen MR) is 74.9 cm³/mol. The number of nitrogens with zero attached hydrogens (tertiary/aromatic N) is 2. The molecule has 1 saturated heterocycles. The first-order valence-corrected chi connectivity index (χ1v) is 6.90. The minimum absolute atomic E-state index is 0.105. The maximum absolute atomic E-state index is 8.43. The van der Waals surface area contributed by atoms with Gasteiger partial charge in [-0.3, -0.25) is 0 Å². The Bertz CT molecular complexity index is 404. The van der Waals surface area contributed by atoms with Crippen LogP contribution in [0.2, 0.25) is 0 Å². The molecule has 0 radical (unpaired) electrons. The fourth-order valence-corrected chi connectivity index (χ4v) is 2.30. The molecule has 0 unspecified atom stereocenters. The standard InChI is InChI=1S/C15H21N3O/c16-7-12-19-15-5-3-14(4-6-15)13-17-8-11-18-9-1-2-10-18/h3-6,17H,1-2,8-13H2. The topological polar surface area (TPSA) is 48.3 Å². The zero-order chi connectivity index (χ0) is 13.3. The summed E-state index contributed by atoms with van der Waals surface area (Å²) in [5.74, 6) is 0.752. The lowest BCUT2D eigenvalue weighted by Gasteiger charge is -2.14. The van der Waals surface area contributed by atoms with Gasteiger partial charge in [-0.25, -0.2) is 0 Å². The van der Waals surface area contributed by atoms with Crippen LogP contribution in [0.5, 0.6) is 5.75 Å². The molecule has 19 heavy (non-hydrogen) atoms. The van der Waals surface area contributed by atoms with Crippen LogP contribution in [0, 0.1) is 11.3 Å². The van der Waals surface area contributed by atoms with Gasteiger partial charge in [-0.05, 0) is 43.6 Å². The van der Waals surface area contributed by atoms with E-state index in [0.29, 0.717) is 0 Å². The van der Waals surface area contributed by atoms with Gasteiger partial charge in [0.2, 0.25) is 0 Å². The minimum atomic E-state index is 0.105. The summed E-state index contributed by atoms with van der Waals surface area (Å²) in [4.78, 5) is 2.51. The van der Waals surface area contributed by atoms with E-state index >= 15 is 0 Å². The van der Waals surface area contributed by atoms with Crippen molar-refractivity contribution in [3.63, 3.8) is 0 Å². The van der Waals surface area contributed by atoms with Crippen molar-refractivity contribution < 1.29 is 4.74 Å². The molecule has 1 aliphatic rings. The Kier molecular flexibility index (Phi) is 5.67. The number of hydrogen-bond acceptors (Lipinski definition) is 4. The molecule has 1 fully saturated rings. The number of nitrogens with one attached hydrogen (secondary N) is 1. The van der Waals surface area contributed by atoms with Gasteiger partial charge in [-0.1, -0.05) is 12.1 Å². The third-order valence-corrected chi connectivity index (χ3v) is 3.36. The molecule has 4 nitrogen and oxygen atoms in total. The molecule has 0 saturated carbocycles. The largest absolute Gasteiger partial charge is 0.479 e. The Hall–Kier alpha value is -1.57. The Morgan fingerprint density at radius 1 is 1.21 bits per heavy atom. The zero-order valence-corrected chi connectivity index (χ0v) is 11.3. The van der Waals surface area contributed by atoms with Gasteiger partial charge in [0.25, 0.3) is 0 Å². The minimum Gasteiger partial charge on any atom is -0.479 e. The Morgan fingerprint density at radius 3 is 2.63 bits per heavy atom. The van der Waals surface area contributed by atoms with E-state index in [9.17, 15) is 0 Å². The maximum Gasteiger partial charge on any atom is 0.174 e. The first kappa shape index (κ1) is 13.9. The number of benzene rings is 1. The van der Waals surface area contributed by atoms with Gasteiger partial charge in [0.1, 0.15) is 11.8 Å². The molecular weight excluding hydrogens is 238 g/mol. The highest BCUT2D eigenvalue weighted by atomic mass is 16.5. The van der Waals surface area contributed by atoms with Crippen LogP contribution >= 0.6 is 0 Å². The van der Waals surface area contributed by atoms with Crippen molar-refractivity contribution in [3.8, 4) is 11.8 Å². The summed E-state index contributed by atoms with van der Waals surface area (Å²) in [5, 5.41) is 11.9. The quantitative estimate of drug-likeness (QED) is 0.758. The number of rotatable bonds is 7. The molecule has 0 spiro atoms. The summed E-state index contributed by atoms with van der Waals surface area (Å²) in [5.41, 5.74) is 1.24. The molecule has 0 atom stereocenters. The van der Waals surface area contributed by atoms with Crippen molar-refractivity contribution in [2.45, 2.75) is 19.4 Å². The second-order valence-electron chi connectivity index (χ2n) is 4.82. The van der Waals surface area contributed by atoms with E-state index in [1.165, 1.54) is 31.5 Å². The Labute approximate surface area is 115 Å². The van der Waals surface area contributed by atoms with Crippen LogP contribution in [0.1, 0.15) is 18.4 Å². The average molecular weight is 259 g/mol. The Balaban J connectivity index is 1.63. The van der Waals surface area contributed by atoms with Gasteiger partial charge in [0, 0.05) is 19.6 Å². The monoisotopic (exact) mass is 259 g/mol. The summed E-state index contributed by atoms with van der Waals surface area (Å²) >= 11 is 0. The van der Waals surface area contributed by atoms with Gasteiger partial charge in [-0.2, -0.15) is 5.26 Å². The van der Waals surface area contributed by atoms with E-state index in [1.54, 1.807) is 0 Å². The van der Waals surface area contributed by atoms with Crippen molar-refractivity contribution in [1.82, 2.24) is 10.2 Å². The lowest BCUT2D eigenvalue weighted by Crippen LogP contribution is -2.29. The number of ether oxygens (including phenoxy) is 1. The summed E-state index contributed by atoms with van der Waals surface area (Å²) < 4.78 is 5.22.